The van der Waals surface area contributed by atoms with Crippen LogP contribution in [0.1, 0.15) is 74.2 Å². The van der Waals surface area contributed by atoms with E-state index in [0.717, 1.165) is 38.5 Å². The molecule has 0 bridgehead atoms. The highest BCUT2D eigenvalue weighted by Gasteiger charge is 2.30. The second-order valence-corrected chi connectivity index (χ2v) is 9.96. The Labute approximate surface area is 201 Å². The molecule has 2 saturated carbocycles. The van der Waals surface area contributed by atoms with Gasteiger partial charge in [-0.05, 0) is 74.8 Å². The van der Waals surface area contributed by atoms with E-state index in [1.165, 1.54) is 31.7 Å². The van der Waals surface area contributed by atoms with Crippen molar-refractivity contribution in [3.05, 3.63) is 65.5 Å². The zero-order valence-electron chi connectivity index (χ0n) is 20.0. The molecule has 6 heteroatoms. The van der Waals surface area contributed by atoms with Crippen molar-refractivity contribution in [2.45, 2.75) is 82.8 Å². The number of carbonyl (C=O) groups is 2. The number of ketones is 1. The Morgan fingerprint density at radius 2 is 1.71 bits per heavy atom. The molecule has 0 radical (unpaired) electrons. The van der Waals surface area contributed by atoms with E-state index in [9.17, 15) is 14.0 Å². The number of nitrogens with one attached hydrogen (secondary N) is 3. The summed E-state index contributed by atoms with van der Waals surface area (Å²) in [7, 11) is 0. The summed E-state index contributed by atoms with van der Waals surface area (Å²) < 4.78 is 13.2. The Hall–Kier alpha value is -2.73. The van der Waals surface area contributed by atoms with Crippen LogP contribution in [0.25, 0.3) is 0 Å². The van der Waals surface area contributed by atoms with Crippen LogP contribution < -0.4 is 16.0 Å². The maximum Gasteiger partial charge on any atom is 0.319 e. The number of halogens is 1. The normalized spacial score (nSPS) is 24.9. The Balaban J connectivity index is 1.30. The number of amides is 2. The quantitative estimate of drug-likeness (QED) is 0.449. The van der Waals surface area contributed by atoms with Crippen molar-refractivity contribution in [3.8, 4) is 0 Å². The van der Waals surface area contributed by atoms with E-state index < -0.39 is 0 Å². The topological polar surface area (TPSA) is 70.2 Å². The summed E-state index contributed by atoms with van der Waals surface area (Å²) in [6.07, 6.45) is 9.98. The van der Waals surface area contributed by atoms with Gasteiger partial charge in [0.2, 0.25) is 0 Å². The SMILES string of the molecule is CC(=O)c1cccc(NC(=O)NC2CCCC[C@H]2N[C@@H]2CCC[C@H](Cc3ccc(F)cc3)C2)c1. The van der Waals surface area contributed by atoms with E-state index in [1.807, 2.05) is 12.1 Å². The van der Waals surface area contributed by atoms with Crippen molar-refractivity contribution < 1.29 is 14.0 Å². The van der Waals surface area contributed by atoms with Crippen molar-refractivity contribution in [2.24, 2.45) is 5.92 Å². The number of anilines is 1. The van der Waals surface area contributed by atoms with Crippen molar-refractivity contribution in [1.82, 2.24) is 10.6 Å². The van der Waals surface area contributed by atoms with Crippen LogP contribution in [0.4, 0.5) is 14.9 Å². The largest absolute Gasteiger partial charge is 0.334 e. The van der Waals surface area contributed by atoms with Crippen LogP contribution in [0.2, 0.25) is 0 Å². The lowest BCUT2D eigenvalue weighted by Gasteiger charge is -2.38. The first-order valence-corrected chi connectivity index (χ1v) is 12.7. The van der Waals surface area contributed by atoms with Crippen molar-refractivity contribution >= 4 is 17.5 Å². The molecule has 3 N–H and O–H groups in total. The Morgan fingerprint density at radius 1 is 0.941 bits per heavy atom. The number of rotatable bonds is 7. The van der Waals surface area contributed by atoms with Crippen molar-refractivity contribution in [3.63, 3.8) is 0 Å². The third-order valence-corrected chi connectivity index (χ3v) is 7.28. The summed E-state index contributed by atoms with van der Waals surface area (Å²) in [5.74, 6) is 0.396. The van der Waals surface area contributed by atoms with Gasteiger partial charge in [0.1, 0.15) is 5.82 Å². The highest BCUT2D eigenvalue weighted by Crippen LogP contribution is 2.29. The molecule has 182 valence electrons. The summed E-state index contributed by atoms with van der Waals surface area (Å²) in [5.41, 5.74) is 2.42. The molecule has 0 spiro atoms. The molecule has 2 aliphatic rings. The number of benzene rings is 2. The van der Waals surface area contributed by atoms with E-state index in [2.05, 4.69) is 16.0 Å². The molecule has 2 aliphatic carbocycles. The predicted octanol–water partition coefficient (Wildman–Crippen LogP) is 5.85. The summed E-state index contributed by atoms with van der Waals surface area (Å²) >= 11 is 0. The lowest BCUT2D eigenvalue weighted by molar-refractivity contribution is 0.101. The minimum atomic E-state index is -0.225. The van der Waals surface area contributed by atoms with E-state index in [-0.39, 0.29) is 29.7 Å². The minimum Gasteiger partial charge on any atom is -0.334 e. The number of Topliss-reactive ketones (excluding diaryl/α,β-unsaturated/α-hetero) is 1. The summed E-state index contributed by atoms with van der Waals surface area (Å²) in [6, 6.07) is 14.5. The van der Waals surface area contributed by atoms with Gasteiger partial charge >= 0.3 is 6.03 Å². The molecule has 0 aliphatic heterocycles. The van der Waals surface area contributed by atoms with Gasteiger partial charge in [0.05, 0.1) is 0 Å². The standard InChI is InChI=1S/C28H36FN3O2/c1-19(33)22-7-5-9-25(18-22)31-28(34)32-27-11-3-2-10-26(27)30-24-8-4-6-21(17-24)16-20-12-14-23(29)15-13-20/h5,7,9,12-15,18,21,24,26-27,30H,2-4,6,8,10-11,16-17H2,1H3,(H2,31,32,34)/t21-,24-,26-,27?/m1/s1. The highest BCUT2D eigenvalue weighted by atomic mass is 19.1. The number of carbonyl (C=O) groups excluding carboxylic acids is 2. The molecule has 4 rings (SSSR count). The van der Waals surface area contributed by atoms with E-state index >= 15 is 0 Å². The van der Waals surface area contributed by atoms with E-state index in [4.69, 9.17) is 0 Å². The maximum atomic E-state index is 13.2. The number of hydrogen-bond acceptors (Lipinski definition) is 3. The van der Waals surface area contributed by atoms with E-state index in [1.54, 1.807) is 36.4 Å². The summed E-state index contributed by atoms with van der Waals surface area (Å²) in [5, 5.41) is 9.95. The fraction of sp³-hybridized carbons (Fsp3) is 0.500. The number of hydrogen-bond donors (Lipinski definition) is 3. The Kier molecular flexibility index (Phi) is 8.33. The van der Waals surface area contributed by atoms with Gasteiger partial charge in [-0.15, -0.1) is 0 Å². The van der Waals surface area contributed by atoms with Gasteiger partial charge in [-0.1, -0.05) is 49.9 Å². The lowest BCUT2D eigenvalue weighted by Crippen LogP contribution is -2.55. The zero-order valence-corrected chi connectivity index (χ0v) is 20.0. The van der Waals surface area contributed by atoms with Crippen LogP contribution in [-0.2, 0) is 6.42 Å². The van der Waals surface area contributed by atoms with Crippen molar-refractivity contribution in [1.29, 1.82) is 0 Å². The first-order chi connectivity index (χ1) is 16.5. The van der Waals surface area contributed by atoms with Crippen LogP contribution in [0.15, 0.2) is 48.5 Å². The zero-order chi connectivity index (χ0) is 23.9. The molecular weight excluding hydrogens is 429 g/mol. The average Bonchev–Trinajstić information content (AvgIpc) is 2.82. The monoisotopic (exact) mass is 465 g/mol. The molecular formula is C28H36FN3O2. The van der Waals surface area contributed by atoms with Crippen LogP contribution in [0.5, 0.6) is 0 Å². The number of urea groups is 1. The van der Waals surface area contributed by atoms with Crippen LogP contribution >= 0.6 is 0 Å². The van der Waals surface area contributed by atoms with Gasteiger partial charge in [-0.25, -0.2) is 9.18 Å². The Bertz CT molecular complexity index is 978. The average molecular weight is 466 g/mol. The van der Waals surface area contributed by atoms with E-state index in [0.29, 0.717) is 23.2 Å². The van der Waals surface area contributed by atoms with Gasteiger partial charge in [-0.2, -0.15) is 0 Å². The molecule has 2 aromatic rings. The third-order valence-electron chi connectivity index (χ3n) is 7.28. The molecule has 1 unspecified atom stereocenters. The molecule has 5 nitrogen and oxygen atoms in total. The van der Waals surface area contributed by atoms with Gasteiger partial charge in [0, 0.05) is 29.4 Å². The molecule has 0 aromatic heterocycles. The highest BCUT2D eigenvalue weighted by molar-refractivity contribution is 5.96. The third kappa shape index (κ3) is 6.89. The van der Waals surface area contributed by atoms with Crippen LogP contribution in [-0.4, -0.2) is 29.9 Å². The molecule has 0 heterocycles. The van der Waals surface area contributed by atoms with Crippen LogP contribution in [0, 0.1) is 11.7 Å². The molecule has 34 heavy (non-hydrogen) atoms. The lowest BCUT2D eigenvalue weighted by atomic mass is 9.81. The Morgan fingerprint density at radius 3 is 2.47 bits per heavy atom. The molecule has 2 amide bonds. The van der Waals surface area contributed by atoms with Gasteiger partial charge in [0.25, 0.3) is 0 Å². The smallest absolute Gasteiger partial charge is 0.319 e. The molecule has 2 fully saturated rings. The predicted molar refractivity (Wildman–Crippen MR) is 134 cm³/mol. The van der Waals surface area contributed by atoms with Crippen molar-refractivity contribution in [2.75, 3.05) is 5.32 Å². The molecule has 0 saturated heterocycles. The molecule has 4 atom stereocenters. The fourth-order valence-corrected chi connectivity index (χ4v) is 5.54. The summed E-state index contributed by atoms with van der Waals surface area (Å²) in [4.78, 5) is 24.3. The maximum absolute atomic E-state index is 13.2. The van der Waals surface area contributed by atoms with Crippen LogP contribution in [0.3, 0.4) is 0 Å². The second-order valence-electron chi connectivity index (χ2n) is 9.96. The first-order valence-electron chi connectivity index (χ1n) is 12.7. The first kappa shape index (κ1) is 24.4. The fourth-order valence-electron chi connectivity index (χ4n) is 5.54. The van der Waals surface area contributed by atoms with Gasteiger partial charge in [0.15, 0.2) is 5.78 Å². The second kappa shape index (κ2) is 11.6. The van der Waals surface area contributed by atoms with Gasteiger partial charge < -0.3 is 16.0 Å². The van der Waals surface area contributed by atoms with Gasteiger partial charge in [-0.3, -0.25) is 4.79 Å². The minimum absolute atomic E-state index is 0.0224. The summed E-state index contributed by atoms with van der Waals surface area (Å²) in [6.45, 7) is 1.52. The molecule has 2 aromatic carbocycles.